The maximum Gasteiger partial charge on any atom is 0.340 e. The van der Waals surface area contributed by atoms with Crippen molar-refractivity contribution >= 4 is 16.9 Å². The fourth-order valence-electron chi connectivity index (χ4n) is 3.54. The van der Waals surface area contributed by atoms with Crippen LogP contribution in [0.25, 0.3) is 10.9 Å². The zero-order valence-corrected chi connectivity index (χ0v) is 11.6. The van der Waals surface area contributed by atoms with E-state index in [4.69, 9.17) is 11.6 Å². The Hall–Kier alpha value is -1.81. The molecule has 0 radical (unpaired) electrons. The second kappa shape index (κ2) is 4.88. The Bertz CT molecular complexity index is 849. The normalized spacial score (nSPS) is 33.0. The molecule has 3 atom stereocenters. The molecule has 110 valence electrons. The number of nitrogens with one attached hydrogen (secondary N) is 1. The molecule has 2 fully saturated rings. The molecule has 0 aliphatic carbocycles. The molecule has 0 amide bonds. The van der Waals surface area contributed by atoms with Gasteiger partial charge >= 0.3 is 5.97 Å². The van der Waals surface area contributed by atoms with Gasteiger partial charge in [0.1, 0.15) is 6.10 Å². The maximum absolute atomic E-state index is 12.7. The first-order valence-corrected chi connectivity index (χ1v) is 7.32. The van der Waals surface area contributed by atoms with Crippen LogP contribution in [0.3, 0.4) is 0 Å². The van der Waals surface area contributed by atoms with Gasteiger partial charge < -0.3 is 14.6 Å². The first-order chi connectivity index (χ1) is 12.2. The van der Waals surface area contributed by atoms with Crippen LogP contribution in [0.5, 0.6) is 0 Å². The number of fused-ring (bicyclic) bond motifs is 3. The number of piperidine rings is 1. The van der Waals surface area contributed by atoms with E-state index in [1.54, 1.807) is 23.1 Å². The Morgan fingerprint density at radius 1 is 1.43 bits per heavy atom. The number of rotatable bonds is 2. The summed E-state index contributed by atoms with van der Waals surface area (Å²) in [6.45, 7) is -2.11. The number of ether oxygens (including phenoxy) is 1. The van der Waals surface area contributed by atoms with E-state index < -0.39 is 12.9 Å². The molecule has 3 heterocycles. The van der Waals surface area contributed by atoms with E-state index in [9.17, 15) is 4.79 Å². The van der Waals surface area contributed by atoms with E-state index in [1.807, 2.05) is 0 Å². The van der Waals surface area contributed by atoms with Crippen LogP contribution in [0.4, 0.5) is 0 Å². The summed E-state index contributed by atoms with van der Waals surface area (Å²) < 4.78 is 44.5. The number of benzene rings is 1. The summed E-state index contributed by atoms with van der Waals surface area (Å²) in [5.41, 5.74) is 0.759. The van der Waals surface area contributed by atoms with E-state index in [1.165, 1.54) is 0 Å². The van der Waals surface area contributed by atoms with Gasteiger partial charge in [0.2, 0.25) is 0 Å². The highest BCUT2D eigenvalue weighted by molar-refractivity contribution is 6.04. The van der Waals surface area contributed by atoms with E-state index in [0.717, 1.165) is 12.8 Å². The molecule has 2 bridgehead atoms. The molecular formula is C17H20N2O2. The van der Waals surface area contributed by atoms with E-state index in [2.05, 4.69) is 4.98 Å². The summed E-state index contributed by atoms with van der Waals surface area (Å²) in [6.07, 6.45) is 2.23. The van der Waals surface area contributed by atoms with E-state index in [0.29, 0.717) is 23.7 Å². The molecule has 2 aromatic rings. The van der Waals surface area contributed by atoms with Crippen molar-refractivity contribution in [2.45, 2.75) is 43.9 Å². The molecule has 4 heteroatoms. The van der Waals surface area contributed by atoms with E-state index >= 15 is 0 Å². The largest absolute Gasteiger partial charge is 0.459 e. The van der Waals surface area contributed by atoms with Gasteiger partial charge in [0, 0.05) is 46.1 Å². The summed E-state index contributed by atoms with van der Waals surface area (Å²) in [7, 11) is 0. The van der Waals surface area contributed by atoms with Crippen molar-refractivity contribution in [3.8, 4) is 0 Å². The lowest BCUT2D eigenvalue weighted by molar-refractivity contribution is -0.000258. The van der Waals surface area contributed by atoms with Gasteiger partial charge in [-0.3, -0.25) is 0 Å². The lowest BCUT2D eigenvalue weighted by Crippen LogP contribution is -2.43. The summed E-state index contributed by atoms with van der Waals surface area (Å²) in [5.74, 6) is -0.585. The summed E-state index contributed by atoms with van der Waals surface area (Å²) >= 11 is 0. The van der Waals surface area contributed by atoms with Gasteiger partial charge in [0.15, 0.2) is 0 Å². The van der Waals surface area contributed by atoms with Gasteiger partial charge in [-0.1, -0.05) is 18.2 Å². The number of aromatic nitrogens is 1. The van der Waals surface area contributed by atoms with Gasteiger partial charge in [-0.2, -0.15) is 0 Å². The molecule has 4 nitrogen and oxygen atoms in total. The molecule has 1 N–H and O–H groups in total. The van der Waals surface area contributed by atoms with Gasteiger partial charge in [-0.25, -0.2) is 4.79 Å². The highest BCUT2D eigenvalue weighted by atomic mass is 16.5. The molecular weight excluding hydrogens is 264 g/mol. The molecule has 21 heavy (non-hydrogen) atoms. The molecule has 2 aliphatic heterocycles. The number of para-hydroxylation sites is 1. The molecule has 1 aromatic carbocycles. The molecule has 0 spiro atoms. The van der Waals surface area contributed by atoms with Crippen molar-refractivity contribution in [2.75, 3.05) is 6.98 Å². The number of carbonyl (C=O) groups is 1. The lowest BCUT2D eigenvalue weighted by atomic mass is 10.0. The minimum atomic E-state index is -2.11. The van der Waals surface area contributed by atoms with E-state index in [-0.39, 0.29) is 36.0 Å². The molecule has 1 aromatic heterocycles. The van der Waals surface area contributed by atoms with Gasteiger partial charge in [-0.05, 0) is 25.9 Å². The van der Waals surface area contributed by atoms with Gasteiger partial charge in [-0.15, -0.1) is 0 Å². The number of aromatic amines is 1. The standard InChI is InChI=1S/C17H20N2O2/c1-19-11-6-7-12(19)9-13(8-11)21-17(20)15-10-18-16-5-3-2-4-14(15)16/h2-5,10-13,18H,6-9H2,1H3/t11-,12+,13?/i1D3,2D,10D. The predicted molar refractivity (Wildman–Crippen MR) is 81.3 cm³/mol. The average Bonchev–Trinajstić information content (AvgIpc) is 3.01. The molecule has 2 aliphatic rings. The highest BCUT2D eigenvalue weighted by Gasteiger charge is 2.40. The first-order valence-electron chi connectivity index (χ1n) is 9.82. The monoisotopic (exact) mass is 289 g/mol. The smallest absolute Gasteiger partial charge is 0.340 e. The Kier molecular flexibility index (Phi) is 2.00. The Balaban J connectivity index is 1.54. The van der Waals surface area contributed by atoms with Gasteiger partial charge in [0.05, 0.1) is 8.30 Å². The highest BCUT2D eigenvalue weighted by Crippen LogP contribution is 2.35. The van der Waals surface area contributed by atoms with Crippen LogP contribution in [0.15, 0.2) is 30.4 Å². The summed E-state index contributed by atoms with van der Waals surface area (Å²) in [6, 6.07) is 4.86. The Labute approximate surface area is 131 Å². The zero-order chi connectivity index (χ0) is 18.6. The van der Waals surface area contributed by atoms with Crippen LogP contribution in [0.2, 0.25) is 0 Å². The Morgan fingerprint density at radius 3 is 3.00 bits per heavy atom. The van der Waals surface area contributed by atoms with Crippen LogP contribution in [0.1, 0.15) is 42.9 Å². The van der Waals surface area contributed by atoms with Crippen molar-refractivity contribution in [2.24, 2.45) is 0 Å². The van der Waals surface area contributed by atoms with Crippen molar-refractivity contribution < 1.29 is 16.4 Å². The third-order valence-corrected chi connectivity index (χ3v) is 4.62. The average molecular weight is 289 g/mol. The molecule has 2 saturated heterocycles. The zero-order valence-electron chi connectivity index (χ0n) is 16.6. The fourth-order valence-corrected chi connectivity index (χ4v) is 3.54. The second-order valence-electron chi connectivity index (χ2n) is 5.89. The number of nitrogens with zero attached hydrogens (tertiary/aromatic N) is 1. The SMILES string of the molecule is [2H]c1ccc2[nH]c([2H])c(C(=O)OC3C[C@H]4CC[C@@H](C3)N4C([2H])([2H])[2H])c2c1. The van der Waals surface area contributed by atoms with Crippen molar-refractivity contribution in [3.63, 3.8) is 0 Å². The minimum absolute atomic E-state index is 0.0292. The number of hydrogen-bond acceptors (Lipinski definition) is 3. The molecule has 1 unspecified atom stereocenters. The van der Waals surface area contributed by atoms with Crippen molar-refractivity contribution in [1.29, 1.82) is 0 Å². The molecule has 0 saturated carbocycles. The van der Waals surface area contributed by atoms with Crippen molar-refractivity contribution in [3.05, 3.63) is 36.0 Å². The summed E-state index contributed by atoms with van der Waals surface area (Å²) in [5, 5.41) is 0.510. The topological polar surface area (TPSA) is 45.3 Å². The third kappa shape index (κ3) is 2.14. The van der Waals surface area contributed by atoms with Crippen LogP contribution in [0, 0.1) is 0 Å². The maximum atomic E-state index is 12.7. The molecule has 4 rings (SSSR count). The van der Waals surface area contributed by atoms with Crippen LogP contribution in [-0.4, -0.2) is 41.0 Å². The van der Waals surface area contributed by atoms with Crippen LogP contribution < -0.4 is 0 Å². The lowest BCUT2D eigenvalue weighted by Gasteiger charge is -2.35. The predicted octanol–water partition coefficient (Wildman–Crippen LogP) is 2.95. The number of hydrogen-bond donors (Lipinski definition) is 1. The first kappa shape index (κ1) is 8.59. The van der Waals surface area contributed by atoms with Crippen molar-refractivity contribution in [1.82, 2.24) is 9.88 Å². The number of H-pyrrole nitrogens is 1. The van der Waals surface area contributed by atoms with Crippen LogP contribution in [-0.2, 0) is 4.74 Å². The third-order valence-electron chi connectivity index (χ3n) is 4.62. The second-order valence-corrected chi connectivity index (χ2v) is 5.89. The van der Waals surface area contributed by atoms with Gasteiger partial charge in [0.25, 0.3) is 0 Å². The quantitative estimate of drug-likeness (QED) is 0.865. The summed E-state index contributed by atoms with van der Waals surface area (Å²) in [4.78, 5) is 17.1. The number of esters is 1. The Morgan fingerprint density at radius 2 is 2.24 bits per heavy atom. The van der Waals surface area contributed by atoms with Crippen LogP contribution >= 0.6 is 0 Å². The fraction of sp³-hybridized carbons (Fsp3) is 0.471. The number of carbonyl (C=O) groups excluding carboxylic acids is 1. The minimum Gasteiger partial charge on any atom is -0.459 e.